The van der Waals surface area contributed by atoms with Gasteiger partial charge in [-0.2, -0.15) is 0 Å². The summed E-state index contributed by atoms with van der Waals surface area (Å²) in [4.78, 5) is 19.1. The lowest BCUT2D eigenvalue weighted by Crippen LogP contribution is -2.00. The predicted octanol–water partition coefficient (Wildman–Crippen LogP) is 1.82. The molecule has 0 amide bonds. The van der Waals surface area contributed by atoms with Crippen LogP contribution in [-0.4, -0.2) is 15.9 Å². The number of hydrogen-bond acceptors (Lipinski definition) is 5. The lowest BCUT2D eigenvalue weighted by molar-refractivity contribution is -0.138. The first-order valence-corrected chi connectivity index (χ1v) is 5.70. The quantitative estimate of drug-likeness (QED) is 0.666. The molecule has 0 aliphatic rings. The van der Waals surface area contributed by atoms with Crippen molar-refractivity contribution in [1.82, 2.24) is 9.97 Å². The van der Waals surface area contributed by atoms with Gasteiger partial charge in [-0.05, 0) is 11.6 Å². The molecule has 1 heterocycles. The molecule has 0 atom stereocenters. The van der Waals surface area contributed by atoms with E-state index in [1.807, 2.05) is 30.3 Å². The molecule has 0 bridgehead atoms. The van der Waals surface area contributed by atoms with Crippen molar-refractivity contribution in [2.45, 2.75) is 6.61 Å². The van der Waals surface area contributed by atoms with Gasteiger partial charge in [0.25, 0.3) is 0 Å². The molecule has 0 saturated heterocycles. The van der Waals surface area contributed by atoms with Crippen molar-refractivity contribution in [3.05, 3.63) is 59.9 Å². The second kappa shape index (κ2) is 6.30. The fourth-order valence-corrected chi connectivity index (χ4v) is 1.38. The van der Waals surface area contributed by atoms with E-state index < -0.39 is 5.97 Å². The number of nitrogens with two attached hydrogens (primary N) is 1. The second-order valence-corrected chi connectivity index (χ2v) is 3.80. The number of nitrogens with zero attached hydrogens (tertiary/aromatic N) is 2. The summed E-state index contributed by atoms with van der Waals surface area (Å²) in [6, 6.07) is 9.48. The van der Waals surface area contributed by atoms with Gasteiger partial charge < -0.3 is 10.5 Å². The van der Waals surface area contributed by atoms with Crippen LogP contribution in [0.5, 0.6) is 0 Å². The Balaban J connectivity index is 1.86. The standard InChI is InChI=1S/C14H13N3O2/c15-14-16-8-12(9-17-14)6-7-13(18)19-10-11-4-2-1-3-5-11/h1-9H,10H2,(H2,15,16,17). The number of nitrogen functional groups attached to an aromatic ring is 1. The molecular weight excluding hydrogens is 242 g/mol. The third-order valence-corrected chi connectivity index (χ3v) is 2.33. The number of anilines is 1. The first-order chi connectivity index (χ1) is 9.24. The molecule has 0 aliphatic heterocycles. The van der Waals surface area contributed by atoms with Crippen LogP contribution in [0.2, 0.25) is 0 Å². The summed E-state index contributed by atoms with van der Waals surface area (Å²) in [7, 11) is 0. The number of benzene rings is 1. The molecule has 0 fully saturated rings. The fraction of sp³-hybridized carbons (Fsp3) is 0.0714. The van der Waals surface area contributed by atoms with Gasteiger partial charge in [-0.1, -0.05) is 30.3 Å². The van der Waals surface area contributed by atoms with Gasteiger partial charge >= 0.3 is 5.97 Å². The number of carbonyl (C=O) groups excluding carboxylic acids is 1. The van der Waals surface area contributed by atoms with E-state index in [2.05, 4.69) is 9.97 Å². The first-order valence-electron chi connectivity index (χ1n) is 5.70. The van der Waals surface area contributed by atoms with Crippen LogP contribution in [0.4, 0.5) is 5.95 Å². The van der Waals surface area contributed by atoms with Crippen LogP contribution < -0.4 is 5.73 Å². The maximum Gasteiger partial charge on any atom is 0.331 e. The van der Waals surface area contributed by atoms with Crippen LogP contribution in [0.25, 0.3) is 6.08 Å². The van der Waals surface area contributed by atoms with Crippen LogP contribution in [0.3, 0.4) is 0 Å². The van der Waals surface area contributed by atoms with Crippen molar-refractivity contribution in [3.8, 4) is 0 Å². The highest BCUT2D eigenvalue weighted by Gasteiger charge is 1.98. The van der Waals surface area contributed by atoms with Crippen LogP contribution in [0, 0.1) is 0 Å². The average molecular weight is 255 g/mol. The van der Waals surface area contributed by atoms with E-state index >= 15 is 0 Å². The highest BCUT2D eigenvalue weighted by atomic mass is 16.5. The molecule has 5 heteroatoms. The van der Waals surface area contributed by atoms with Gasteiger partial charge in [-0.15, -0.1) is 0 Å². The average Bonchev–Trinajstić information content (AvgIpc) is 2.45. The van der Waals surface area contributed by atoms with E-state index in [1.165, 1.54) is 18.5 Å². The lowest BCUT2D eigenvalue weighted by Gasteiger charge is -2.01. The van der Waals surface area contributed by atoms with Crippen molar-refractivity contribution < 1.29 is 9.53 Å². The topological polar surface area (TPSA) is 78.1 Å². The van der Waals surface area contributed by atoms with Crippen LogP contribution in [0.15, 0.2) is 48.8 Å². The number of hydrogen-bond donors (Lipinski definition) is 1. The Hall–Kier alpha value is -2.69. The van der Waals surface area contributed by atoms with E-state index in [-0.39, 0.29) is 12.6 Å². The van der Waals surface area contributed by atoms with Crippen molar-refractivity contribution in [2.24, 2.45) is 0 Å². The molecule has 2 rings (SSSR count). The second-order valence-electron chi connectivity index (χ2n) is 3.80. The van der Waals surface area contributed by atoms with E-state index in [9.17, 15) is 4.79 Å². The molecule has 0 saturated carbocycles. The molecule has 96 valence electrons. The summed E-state index contributed by atoms with van der Waals surface area (Å²) in [5, 5.41) is 0. The smallest absolute Gasteiger partial charge is 0.331 e. The van der Waals surface area contributed by atoms with Crippen LogP contribution in [-0.2, 0) is 16.1 Å². The van der Waals surface area contributed by atoms with E-state index in [1.54, 1.807) is 6.08 Å². The van der Waals surface area contributed by atoms with E-state index in [4.69, 9.17) is 10.5 Å². The summed E-state index contributed by atoms with van der Waals surface area (Å²) in [6.45, 7) is 0.252. The number of esters is 1. The molecule has 0 aliphatic carbocycles. The minimum Gasteiger partial charge on any atom is -0.458 e. The Bertz CT molecular complexity index is 565. The summed E-state index contributed by atoms with van der Waals surface area (Å²) in [6.07, 6.45) is 5.97. The maximum atomic E-state index is 11.5. The van der Waals surface area contributed by atoms with Gasteiger partial charge in [0, 0.05) is 24.0 Å². The number of carbonyl (C=O) groups is 1. The molecule has 1 aromatic heterocycles. The zero-order chi connectivity index (χ0) is 13.5. The normalized spacial score (nSPS) is 10.5. The zero-order valence-corrected chi connectivity index (χ0v) is 10.2. The Kier molecular flexibility index (Phi) is 4.23. The number of ether oxygens (including phenoxy) is 1. The molecule has 5 nitrogen and oxygen atoms in total. The molecule has 1 aromatic carbocycles. The summed E-state index contributed by atoms with van der Waals surface area (Å²) >= 11 is 0. The van der Waals surface area contributed by atoms with Crippen molar-refractivity contribution in [2.75, 3.05) is 5.73 Å². The highest BCUT2D eigenvalue weighted by molar-refractivity contribution is 5.86. The zero-order valence-electron chi connectivity index (χ0n) is 10.2. The summed E-state index contributed by atoms with van der Waals surface area (Å²) < 4.78 is 5.08. The van der Waals surface area contributed by atoms with Crippen molar-refractivity contribution in [3.63, 3.8) is 0 Å². The molecule has 0 spiro atoms. The maximum absolute atomic E-state index is 11.5. The van der Waals surface area contributed by atoms with Gasteiger partial charge in [0.1, 0.15) is 6.61 Å². The molecule has 2 N–H and O–H groups in total. The van der Waals surface area contributed by atoms with Gasteiger partial charge in [0.15, 0.2) is 0 Å². The Labute approximate surface area is 110 Å². The number of aromatic nitrogens is 2. The fourth-order valence-electron chi connectivity index (χ4n) is 1.38. The van der Waals surface area contributed by atoms with Gasteiger partial charge in [0.05, 0.1) is 0 Å². The minimum absolute atomic E-state index is 0.198. The molecule has 19 heavy (non-hydrogen) atoms. The van der Waals surface area contributed by atoms with Crippen LogP contribution in [0.1, 0.15) is 11.1 Å². The molecule has 0 unspecified atom stereocenters. The predicted molar refractivity (Wildman–Crippen MR) is 71.7 cm³/mol. The monoisotopic (exact) mass is 255 g/mol. The third kappa shape index (κ3) is 4.23. The van der Waals surface area contributed by atoms with E-state index in [0.717, 1.165) is 5.56 Å². The van der Waals surface area contributed by atoms with Crippen molar-refractivity contribution >= 4 is 18.0 Å². The van der Waals surface area contributed by atoms with Crippen molar-refractivity contribution in [1.29, 1.82) is 0 Å². The first kappa shape index (κ1) is 12.8. The van der Waals surface area contributed by atoms with Gasteiger partial charge in [0.2, 0.25) is 5.95 Å². The third-order valence-electron chi connectivity index (χ3n) is 2.33. The Morgan fingerprint density at radius 2 is 1.89 bits per heavy atom. The Morgan fingerprint density at radius 3 is 2.58 bits per heavy atom. The minimum atomic E-state index is -0.416. The largest absolute Gasteiger partial charge is 0.458 e. The lowest BCUT2D eigenvalue weighted by atomic mass is 10.2. The van der Waals surface area contributed by atoms with Gasteiger partial charge in [-0.3, -0.25) is 0 Å². The summed E-state index contributed by atoms with van der Waals surface area (Å²) in [5.41, 5.74) is 6.99. The molecular formula is C14H13N3O2. The van der Waals surface area contributed by atoms with Crippen LogP contribution >= 0.6 is 0 Å². The molecule has 2 aromatic rings. The summed E-state index contributed by atoms with van der Waals surface area (Å²) in [5.74, 6) is -0.218. The molecule has 0 radical (unpaired) electrons. The Morgan fingerprint density at radius 1 is 1.21 bits per heavy atom. The van der Waals surface area contributed by atoms with Gasteiger partial charge in [-0.25, -0.2) is 14.8 Å². The highest BCUT2D eigenvalue weighted by Crippen LogP contribution is 2.03. The SMILES string of the molecule is Nc1ncc(C=CC(=O)OCc2ccccc2)cn1. The number of rotatable bonds is 4. The van der Waals surface area contributed by atoms with E-state index in [0.29, 0.717) is 5.56 Å².